The minimum absolute atomic E-state index is 0.201. The molecule has 0 fully saturated rings. The Kier molecular flexibility index (Phi) is 6.07. The first kappa shape index (κ1) is 17.4. The van der Waals surface area contributed by atoms with Gasteiger partial charge in [-0.25, -0.2) is 4.79 Å². The van der Waals surface area contributed by atoms with Crippen molar-refractivity contribution >= 4 is 6.03 Å². The van der Waals surface area contributed by atoms with Gasteiger partial charge in [-0.15, -0.1) is 0 Å². The normalized spacial score (nSPS) is 15.0. The van der Waals surface area contributed by atoms with Gasteiger partial charge in [0.2, 0.25) is 0 Å². The number of rotatable bonds is 5. The van der Waals surface area contributed by atoms with E-state index in [1.807, 2.05) is 0 Å². The lowest BCUT2D eigenvalue weighted by Crippen LogP contribution is -2.35. The Morgan fingerprint density at radius 3 is 2.43 bits per heavy atom. The summed E-state index contributed by atoms with van der Waals surface area (Å²) < 4.78 is 37.3. The first-order valence-corrected chi connectivity index (χ1v) is 7.81. The molecule has 0 spiro atoms. The highest BCUT2D eigenvalue weighted by atomic mass is 19.4. The summed E-state index contributed by atoms with van der Waals surface area (Å²) in [7, 11) is 0. The van der Waals surface area contributed by atoms with Gasteiger partial charge in [-0.3, -0.25) is 0 Å². The lowest BCUT2D eigenvalue weighted by Gasteiger charge is -2.13. The van der Waals surface area contributed by atoms with E-state index in [1.165, 1.54) is 30.5 Å². The fourth-order valence-corrected chi connectivity index (χ4v) is 2.52. The lowest BCUT2D eigenvalue weighted by atomic mass is 9.97. The largest absolute Gasteiger partial charge is 0.416 e. The molecule has 1 aromatic rings. The van der Waals surface area contributed by atoms with Gasteiger partial charge in [-0.05, 0) is 49.8 Å². The van der Waals surface area contributed by atoms with Crippen LogP contribution in [0.4, 0.5) is 18.0 Å². The molecule has 0 saturated carbocycles. The average molecular weight is 326 g/mol. The van der Waals surface area contributed by atoms with E-state index in [4.69, 9.17) is 0 Å². The Balaban J connectivity index is 1.68. The van der Waals surface area contributed by atoms with Crippen LogP contribution in [0.25, 0.3) is 0 Å². The van der Waals surface area contributed by atoms with Crippen molar-refractivity contribution in [2.75, 3.05) is 6.54 Å². The smallest absolute Gasteiger partial charge is 0.338 e. The third-order valence-corrected chi connectivity index (χ3v) is 3.85. The van der Waals surface area contributed by atoms with Crippen LogP contribution in [-0.2, 0) is 12.7 Å². The fourth-order valence-electron chi connectivity index (χ4n) is 2.52. The number of carbonyl (C=O) groups excluding carboxylic acids is 1. The summed E-state index contributed by atoms with van der Waals surface area (Å²) in [5.74, 6) is 0. The van der Waals surface area contributed by atoms with E-state index < -0.39 is 11.7 Å². The van der Waals surface area contributed by atoms with Crippen LogP contribution < -0.4 is 10.6 Å². The molecule has 1 aromatic carbocycles. The van der Waals surface area contributed by atoms with Gasteiger partial charge in [0.15, 0.2) is 0 Å². The Bertz CT molecular complexity index is 550. The molecule has 0 aromatic heterocycles. The van der Waals surface area contributed by atoms with Crippen LogP contribution >= 0.6 is 0 Å². The van der Waals surface area contributed by atoms with E-state index in [0.29, 0.717) is 12.1 Å². The monoisotopic (exact) mass is 326 g/mol. The summed E-state index contributed by atoms with van der Waals surface area (Å²) in [6, 6.07) is 4.47. The van der Waals surface area contributed by atoms with Crippen LogP contribution in [0.1, 0.15) is 43.2 Å². The predicted octanol–water partition coefficient (Wildman–Crippen LogP) is 4.40. The lowest BCUT2D eigenvalue weighted by molar-refractivity contribution is -0.137. The quantitative estimate of drug-likeness (QED) is 0.774. The number of benzene rings is 1. The third kappa shape index (κ3) is 5.96. The van der Waals surface area contributed by atoms with Crippen molar-refractivity contribution in [3.05, 3.63) is 47.0 Å². The maximum Gasteiger partial charge on any atom is 0.416 e. The summed E-state index contributed by atoms with van der Waals surface area (Å²) in [5, 5.41) is 5.41. The van der Waals surface area contributed by atoms with Gasteiger partial charge in [-0.1, -0.05) is 23.8 Å². The highest BCUT2D eigenvalue weighted by Crippen LogP contribution is 2.29. The molecule has 0 aliphatic heterocycles. The van der Waals surface area contributed by atoms with Crippen molar-refractivity contribution in [1.82, 2.24) is 10.6 Å². The van der Waals surface area contributed by atoms with Crippen molar-refractivity contribution in [1.29, 1.82) is 0 Å². The summed E-state index contributed by atoms with van der Waals surface area (Å²) in [6.07, 6.45) is 3.44. The second-order valence-corrected chi connectivity index (χ2v) is 5.66. The standard InChI is InChI=1S/C17H21F3N2O/c18-17(19,20)15-8-6-14(7-9-15)12-22-16(23)21-11-10-13-4-2-1-3-5-13/h4,6-9H,1-3,5,10-12H2,(H2,21,22,23). The zero-order valence-electron chi connectivity index (χ0n) is 12.9. The molecule has 1 aliphatic rings. The minimum Gasteiger partial charge on any atom is -0.338 e. The first-order chi connectivity index (χ1) is 10.9. The topological polar surface area (TPSA) is 41.1 Å². The zero-order chi connectivity index (χ0) is 16.7. The molecule has 23 heavy (non-hydrogen) atoms. The number of amides is 2. The first-order valence-electron chi connectivity index (χ1n) is 7.81. The van der Waals surface area contributed by atoms with E-state index in [2.05, 4.69) is 16.7 Å². The number of allylic oxidation sites excluding steroid dienone is 1. The number of nitrogens with one attached hydrogen (secondary N) is 2. The Hall–Kier alpha value is -1.98. The van der Waals surface area contributed by atoms with Gasteiger partial charge in [0.25, 0.3) is 0 Å². The summed E-state index contributed by atoms with van der Waals surface area (Å²) >= 11 is 0. The van der Waals surface area contributed by atoms with Crippen LogP contribution in [0.2, 0.25) is 0 Å². The Morgan fingerprint density at radius 2 is 1.83 bits per heavy atom. The summed E-state index contributed by atoms with van der Waals surface area (Å²) in [5.41, 5.74) is 1.33. The van der Waals surface area contributed by atoms with E-state index in [1.54, 1.807) is 0 Å². The Labute approximate surface area is 134 Å². The molecule has 0 heterocycles. The molecule has 3 nitrogen and oxygen atoms in total. The van der Waals surface area contributed by atoms with E-state index in [-0.39, 0.29) is 12.6 Å². The van der Waals surface area contributed by atoms with Gasteiger partial charge < -0.3 is 10.6 Å². The van der Waals surface area contributed by atoms with E-state index in [9.17, 15) is 18.0 Å². The average Bonchev–Trinajstić information content (AvgIpc) is 2.53. The molecule has 0 bridgehead atoms. The second kappa shape index (κ2) is 8.04. The third-order valence-electron chi connectivity index (χ3n) is 3.85. The van der Waals surface area contributed by atoms with Crippen LogP contribution in [0.5, 0.6) is 0 Å². The predicted molar refractivity (Wildman–Crippen MR) is 82.9 cm³/mol. The van der Waals surface area contributed by atoms with Crippen LogP contribution in [-0.4, -0.2) is 12.6 Å². The number of carbonyl (C=O) groups is 1. The molecule has 2 N–H and O–H groups in total. The fraction of sp³-hybridized carbons (Fsp3) is 0.471. The van der Waals surface area contributed by atoms with Crippen molar-refractivity contribution in [2.24, 2.45) is 0 Å². The van der Waals surface area contributed by atoms with Crippen LogP contribution in [0.15, 0.2) is 35.9 Å². The summed E-state index contributed by atoms with van der Waals surface area (Å²) in [6.45, 7) is 0.775. The van der Waals surface area contributed by atoms with Crippen molar-refractivity contribution < 1.29 is 18.0 Å². The van der Waals surface area contributed by atoms with Crippen molar-refractivity contribution in [3.63, 3.8) is 0 Å². The molecule has 2 amide bonds. The van der Waals surface area contributed by atoms with Gasteiger partial charge >= 0.3 is 12.2 Å². The van der Waals surface area contributed by atoms with Crippen molar-refractivity contribution in [2.45, 2.75) is 44.8 Å². The Morgan fingerprint density at radius 1 is 1.09 bits per heavy atom. The number of hydrogen-bond donors (Lipinski definition) is 2. The molecular weight excluding hydrogens is 305 g/mol. The van der Waals surface area contributed by atoms with Gasteiger partial charge in [0, 0.05) is 13.1 Å². The van der Waals surface area contributed by atoms with Crippen LogP contribution in [0.3, 0.4) is 0 Å². The molecule has 0 atom stereocenters. The second-order valence-electron chi connectivity index (χ2n) is 5.66. The van der Waals surface area contributed by atoms with E-state index >= 15 is 0 Å². The SMILES string of the molecule is O=C(NCCC1=CCCCC1)NCc1ccc(C(F)(F)F)cc1. The zero-order valence-corrected chi connectivity index (χ0v) is 12.9. The van der Waals surface area contributed by atoms with E-state index in [0.717, 1.165) is 31.4 Å². The highest BCUT2D eigenvalue weighted by Gasteiger charge is 2.29. The number of hydrogen-bond acceptors (Lipinski definition) is 1. The van der Waals surface area contributed by atoms with Crippen molar-refractivity contribution in [3.8, 4) is 0 Å². The number of alkyl halides is 3. The molecule has 6 heteroatoms. The molecule has 2 rings (SSSR count). The molecular formula is C17H21F3N2O. The minimum atomic E-state index is -4.34. The molecule has 0 saturated heterocycles. The van der Waals surface area contributed by atoms with Crippen LogP contribution in [0, 0.1) is 0 Å². The molecule has 1 aliphatic carbocycles. The number of halogens is 3. The summed E-state index contributed by atoms with van der Waals surface area (Å²) in [4.78, 5) is 11.7. The molecule has 0 unspecified atom stereocenters. The van der Waals surface area contributed by atoms with Gasteiger partial charge in [-0.2, -0.15) is 13.2 Å². The molecule has 0 radical (unpaired) electrons. The maximum atomic E-state index is 12.4. The highest BCUT2D eigenvalue weighted by molar-refractivity contribution is 5.73. The van der Waals surface area contributed by atoms with Gasteiger partial charge in [0.1, 0.15) is 0 Å². The number of urea groups is 1. The van der Waals surface area contributed by atoms with Gasteiger partial charge in [0.05, 0.1) is 5.56 Å². The maximum absolute atomic E-state index is 12.4. The molecule has 126 valence electrons.